The summed E-state index contributed by atoms with van der Waals surface area (Å²) in [6, 6.07) is -0.211. The van der Waals surface area contributed by atoms with Gasteiger partial charge in [0.25, 0.3) is 0 Å². The lowest BCUT2D eigenvalue weighted by atomic mass is 9.33. The summed E-state index contributed by atoms with van der Waals surface area (Å²) in [5.41, 5.74) is 1.48. The molecule has 242 valence electrons. The number of carbonyl (C=O) groups excluding carboxylic acids is 3. The topological polar surface area (TPSA) is 81.7 Å². The Morgan fingerprint density at radius 2 is 1.60 bits per heavy atom. The molecule has 1 N–H and O–H groups in total. The highest BCUT2D eigenvalue weighted by molar-refractivity contribution is 5.84. The number of allylic oxidation sites excluding steroid dienone is 2. The summed E-state index contributed by atoms with van der Waals surface area (Å²) in [5.74, 6) is 1.99. The van der Waals surface area contributed by atoms with E-state index in [0.29, 0.717) is 23.7 Å². The number of fused-ring (bicyclic) bond motifs is 7. The van der Waals surface area contributed by atoms with Gasteiger partial charge in [0.2, 0.25) is 5.91 Å². The molecule has 0 aromatic carbocycles. The first-order valence-corrected chi connectivity index (χ1v) is 17.3. The number of hydrogen-bond acceptors (Lipinski definition) is 5. The Labute approximate surface area is 260 Å². The van der Waals surface area contributed by atoms with Crippen LogP contribution in [0, 0.1) is 56.7 Å². The maximum atomic E-state index is 14.3. The summed E-state index contributed by atoms with van der Waals surface area (Å²) in [7, 11) is 0. The molecule has 1 unspecified atom stereocenters. The van der Waals surface area contributed by atoms with E-state index in [4.69, 9.17) is 9.47 Å². The van der Waals surface area contributed by atoms with Crippen molar-refractivity contribution in [1.82, 2.24) is 5.32 Å². The third-order valence-electron chi connectivity index (χ3n) is 14.6. The molecule has 5 aliphatic rings. The van der Waals surface area contributed by atoms with Crippen molar-refractivity contribution in [3.05, 3.63) is 11.6 Å². The molecule has 0 spiro atoms. The van der Waals surface area contributed by atoms with E-state index in [1.165, 1.54) is 13.3 Å². The quantitative estimate of drug-likeness (QED) is 0.260. The summed E-state index contributed by atoms with van der Waals surface area (Å²) in [6.45, 7) is 22.3. The Morgan fingerprint density at radius 3 is 2.26 bits per heavy atom. The van der Waals surface area contributed by atoms with Gasteiger partial charge < -0.3 is 14.8 Å². The number of ether oxygens (including phenoxy) is 2. The smallest absolute Gasteiger partial charge is 0.302 e. The molecule has 6 nitrogen and oxygen atoms in total. The zero-order valence-corrected chi connectivity index (χ0v) is 28.7. The van der Waals surface area contributed by atoms with Crippen LogP contribution in [0.25, 0.3) is 0 Å². The molecule has 4 saturated carbocycles. The van der Waals surface area contributed by atoms with E-state index < -0.39 is 5.41 Å². The predicted molar refractivity (Wildman–Crippen MR) is 169 cm³/mol. The van der Waals surface area contributed by atoms with Crippen LogP contribution in [0.2, 0.25) is 0 Å². The minimum absolute atomic E-state index is 0.0145. The van der Waals surface area contributed by atoms with Crippen LogP contribution in [0.1, 0.15) is 127 Å². The van der Waals surface area contributed by atoms with Crippen LogP contribution >= 0.6 is 0 Å². The van der Waals surface area contributed by atoms with E-state index >= 15 is 0 Å². The molecule has 0 radical (unpaired) electrons. The fourth-order valence-electron chi connectivity index (χ4n) is 11.9. The average Bonchev–Trinajstić information content (AvgIpc) is 2.91. The van der Waals surface area contributed by atoms with Crippen molar-refractivity contribution < 1.29 is 23.9 Å². The van der Waals surface area contributed by atoms with E-state index in [1.807, 2.05) is 6.92 Å². The molecule has 0 saturated heterocycles. The normalized spacial score (nSPS) is 45.6. The van der Waals surface area contributed by atoms with Crippen molar-refractivity contribution in [3.63, 3.8) is 0 Å². The van der Waals surface area contributed by atoms with Gasteiger partial charge in [0.1, 0.15) is 12.7 Å². The fraction of sp³-hybridized carbons (Fsp3) is 0.865. The lowest BCUT2D eigenvalue weighted by Gasteiger charge is -2.71. The van der Waals surface area contributed by atoms with Crippen LogP contribution in [0.3, 0.4) is 0 Å². The predicted octanol–water partition coefficient (Wildman–Crippen LogP) is 7.64. The molecule has 11 atom stereocenters. The Bertz CT molecular complexity index is 1180. The van der Waals surface area contributed by atoms with Crippen LogP contribution in [0.4, 0.5) is 0 Å². The van der Waals surface area contributed by atoms with Crippen LogP contribution in [0.5, 0.6) is 0 Å². The fourth-order valence-corrected chi connectivity index (χ4v) is 11.9. The lowest BCUT2D eigenvalue weighted by Crippen LogP contribution is -2.66. The Balaban J connectivity index is 1.50. The van der Waals surface area contributed by atoms with Crippen molar-refractivity contribution in [2.24, 2.45) is 56.7 Å². The third kappa shape index (κ3) is 4.82. The maximum absolute atomic E-state index is 14.3. The molecule has 0 bridgehead atoms. The largest absolute Gasteiger partial charge is 0.464 e. The van der Waals surface area contributed by atoms with Crippen molar-refractivity contribution in [3.8, 4) is 0 Å². The summed E-state index contributed by atoms with van der Waals surface area (Å²) in [5, 5.41) is 3.29. The van der Waals surface area contributed by atoms with E-state index in [-0.39, 0.29) is 64.2 Å². The number of carbonyl (C=O) groups is 3. The van der Waals surface area contributed by atoms with Gasteiger partial charge in [-0.25, -0.2) is 0 Å². The average molecular weight is 598 g/mol. The number of hydrogen-bond donors (Lipinski definition) is 1. The first-order chi connectivity index (χ1) is 19.9. The zero-order chi connectivity index (χ0) is 31.8. The van der Waals surface area contributed by atoms with Crippen molar-refractivity contribution in [1.29, 1.82) is 0 Å². The highest BCUT2D eigenvalue weighted by Gasteiger charge is 2.69. The third-order valence-corrected chi connectivity index (χ3v) is 14.6. The van der Waals surface area contributed by atoms with Gasteiger partial charge >= 0.3 is 11.9 Å². The summed E-state index contributed by atoms with van der Waals surface area (Å²) >= 11 is 0. The summed E-state index contributed by atoms with van der Waals surface area (Å²) in [6.07, 6.45) is 12.0. The van der Waals surface area contributed by atoms with Gasteiger partial charge in [0.15, 0.2) is 0 Å². The molecule has 0 aliphatic heterocycles. The number of rotatable bonds is 5. The second-order valence-corrected chi connectivity index (χ2v) is 16.9. The van der Waals surface area contributed by atoms with Crippen LogP contribution in [-0.2, 0) is 23.9 Å². The van der Waals surface area contributed by atoms with Crippen LogP contribution in [0.15, 0.2) is 11.6 Å². The van der Waals surface area contributed by atoms with E-state index in [0.717, 1.165) is 51.4 Å². The SMILES string of the molecule is CC(=O)OCC(C)NC(=O)[C@]12CC[C@@H](C)[C@H](C)[C@H]1C1=CC[C@@H]3[C@@]4(C)CC[C@H](OC(C)=O)C(C)(C)[C@@H]4CC[C@@]3(C)[C@]1(C)CC2. The number of nitrogens with one attached hydrogen (secondary N) is 1. The van der Waals surface area contributed by atoms with Crippen LogP contribution in [-0.4, -0.2) is 36.6 Å². The Morgan fingerprint density at radius 1 is 0.907 bits per heavy atom. The molecular weight excluding hydrogens is 538 g/mol. The van der Waals surface area contributed by atoms with Crippen molar-refractivity contribution >= 4 is 17.8 Å². The standard InChI is InChI=1S/C37H59NO5/c1-22-13-18-37(32(41)38-23(2)21-42-25(4)39)20-19-35(9)27(31(37)24(22)3)11-12-29-34(8)16-15-30(43-26(5)40)33(6,7)28(34)14-17-36(29,35)10/h11,22-24,28-31H,12-21H2,1-10H3,(H,38,41)/t22-,23?,24+,28+,29-,30+,31+,34+,35-,36-,37+/m1/s1. The van der Waals surface area contributed by atoms with Crippen molar-refractivity contribution in [2.45, 2.75) is 139 Å². The monoisotopic (exact) mass is 597 g/mol. The van der Waals surface area contributed by atoms with Gasteiger partial charge in [-0.15, -0.1) is 0 Å². The highest BCUT2D eigenvalue weighted by Crippen LogP contribution is 2.75. The lowest BCUT2D eigenvalue weighted by molar-refractivity contribution is -0.212. The molecule has 43 heavy (non-hydrogen) atoms. The van der Waals surface area contributed by atoms with Crippen molar-refractivity contribution in [2.75, 3.05) is 6.61 Å². The first kappa shape index (κ1) is 32.5. The molecule has 0 heterocycles. The zero-order valence-electron chi connectivity index (χ0n) is 28.7. The molecule has 5 aliphatic carbocycles. The molecule has 5 rings (SSSR count). The Kier molecular flexibility index (Phi) is 8.25. The minimum atomic E-state index is -0.407. The van der Waals surface area contributed by atoms with Gasteiger partial charge in [0.05, 0.1) is 11.5 Å². The summed E-state index contributed by atoms with van der Waals surface area (Å²) < 4.78 is 11.2. The first-order valence-electron chi connectivity index (χ1n) is 17.3. The minimum Gasteiger partial charge on any atom is -0.464 e. The maximum Gasteiger partial charge on any atom is 0.302 e. The van der Waals surface area contributed by atoms with Gasteiger partial charge in [0, 0.05) is 19.3 Å². The van der Waals surface area contributed by atoms with Gasteiger partial charge in [-0.2, -0.15) is 0 Å². The highest BCUT2D eigenvalue weighted by atomic mass is 16.5. The molecule has 0 aromatic rings. The summed E-state index contributed by atoms with van der Waals surface area (Å²) in [4.78, 5) is 37.7. The molecule has 6 heteroatoms. The second-order valence-electron chi connectivity index (χ2n) is 16.9. The van der Waals surface area contributed by atoms with Gasteiger partial charge in [-0.3, -0.25) is 14.4 Å². The molecule has 1 amide bonds. The Hall–Kier alpha value is -1.85. The number of esters is 2. The van der Waals surface area contributed by atoms with E-state index in [2.05, 4.69) is 59.9 Å². The van der Waals surface area contributed by atoms with E-state index in [9.17, 15) is 14.4 Å². The number of amides is 1. The van der Waals surface area contributed by atoms with Gasteiger partial charge in [-0.05, 0) is 111 Å². The molecule has 4 fully saturated rings. The van der Waals surface area contributed by atoms with E-state index in [1.54, 1.807) is 12.5 Å². The molecular formula is C37H59NO5. The van der Waals surface area contributed by atoms with Gasteiger partial charge in [-0.1, -0.05) is 60.1 Å². The molecule has 0 aromatic heterocycles. The van der Waals surface area contributed by atoms with Crippen LogP contribution < -0.4 is 5.32 Å². The second kappa shape index (κ2) is 10.9.